The maximum atomic E-state index is 12.0. The second kappa shape index (κ2) is 19.3. The Kier molecular flexibility index (Phi) is 17.7. The van der Waals surface area contributed by atoms with Crippen LogP contribution >= 0.6 is 0 Å². The van der Waals surface area contributed by atoms with Crippen LogP contribution in [0.5, 0.6) is 17.2 Å². The number of hydrogen-bond donors (Lipinski definition) is 3. The third-order valence-corrected chi connectivity index (χ3v) is 7.98. The standard InChI is InChI=1S/3C13H18O3.Al/c3*1-7(2)9-5-6-10(13(15)16)12(14)11(9)8(3)4;/h3*5-8,14H,1-4H3,(H,15,16);/q;;;+3/p-3. The summed E-state index contributed by atoms with van der Waals surface area (Å²) >= 11 is 0. The van der Waals surface area contributed by atoms with Gasteiger partial charge in [0.15, 0.2) is 0 Å². The van der Waals surface area contributed by atoms with E-state index in [-0.39, 0.29) is 86.8 Å². The molecule has 0 bridgehead atoms. The molecule has 10 heteroatoms. The monoisotopic (exact) mass is 690 g/mol. The van der Waals surface area contributed by atoms with Crippen LogP contribution in [0.25, 0.3) is 0 Å². The number of rotatable bonds is 9. The van der Waals surface area contributed by atoms with Crippen LogP contribution in [0.3, 0.4) is 0 Å². The van der Waals surface area contributed by atoms with Crippen molar-refractivity contribution in [2.75, 3.05) is 0 Å². The van der Waals surface area contributed by atoms with Crippen LogP contribution in [0.1, 0.15) is 183 Å². The number of carboxylic acid groups (broad SMARTS) is 3. The Labute approximate surface area is 301 Å². The van der Waals surface area contributed by atoms with E-state index in [4.69, 9.17) is 15.3 Å². The normalized spacial score (nSPS) is 10.9. The van der Waals surface area contributed by atoms with E-state index in [9.17, 15) is 29.7 Å². The Morgan fingerprint density at radius 3 is 0.714 bits per heavy atom. The van der Waals surface area contributed by atoms with Crippen molar-refractivity contribution in [2.24, 2.45) is 0 Å². The zero-order valence-electron chi connectivity index (χ0n) is 30.8. The first-order chi connectivity index (χ1) is 22.1. The molecule has 0 aliphatic carbocycles. The largest absolute Gasteiger partial charge is 3.00 e. The molecule has 3 rings (SSSR count). The van der Waals surface area contributed by atoms with E-state index in [2.05, 4.69) is 0 Å². The first kappa shape index (κ1) is 45.0. The van der Waals surface area contributed by atoms with Crippen LogP contribution in [0.4, 0.5) is 0 Å². The van der Waals surface area contributed by atoms with Crippen LogP contribution in [0.15, 0.2) is 36.4 Å². The average Bonchev–Trinajstić information content (AvgIpc) is 2.95. The van der Waals surface area contributed by atoms with Crippen LogP contribution in [0.2, 0.25) is 0 Å². The number of hydrogen-bond acceptors (Lipinski definition) is 6. The molecular formula is C39H51AlO9. The zero-order chi connectivity index (χ0) is 37.4. The molecule has 3 N–H and O–H groups in total. The average molecular weight is 691 g/mol. The van der Waals surface area contributed by atoms with Crippen molar-refractivity contribution in [2.45, 2.75) is 119 Å². The van der Waals surface area contributed by atoms with Crippen molar-refractivity contribution in [3.8, 4) is 17.2 Å². The van der Waals surface area contributed by atoms with Crippen molar-refractivity contribution in [1.29, 1.82) is 0 Å². The molecule has 0 unspecified atom stereocenters. The zero-order valence-corrected chi connectivity index (χ0v) is 32.0. The summed E-state index contributed by atoms with van der Waals surface area (Å²) in [5, 5.41) is 62.7. The summed E-state index contributed by atoms with van der Waals surface area (Å²) in [6, 6.07) is 9.49. The van der Waals surface area contributed by atoms with Gasteiger partial charge in [-0.2, -0.15) is 0 Å². The number of carbonyl (C=O) groups is 3. The number of carboxylic acids is 3. The first-order valence-electron chi connectivity index (χ1n) is 16.3. The van der Waals surface area contributed by atoms with Crippen molar-refractivity contribution in [1.82, 2.24) is 0 Å². The van der Waals surface area contributed by atoms with Gasteiger partial charge >= 0.3 is 35.3 Å². The Hall–Kier alpha value is -4.00. The maximum Gasteiger partial charge on any atom is 3.00 e. The molecule has 0 spiro atoms. The third-order valence-electron chi connectivity index (χ3n) is 7.98. The van der Waals surface area contributed by atoms with Crippen molar-refractivity contribution in [3.63, 3.8) is 0 Å². The van der Waals surface area contributed by atoms with Gasteiger partial charge in [0.2, 0.25) is 0 Å². The Morgan fingerprint density at radius 2 is 0.592 bits per heavy atom. The predicted octanol–water partition coefficient (Wildman–Crippen LogP) is 7.73. The molecule has 0 atom stereocenters. The van der Waals surface area contributed by atoms with Gasteiger partial charge in [-0.3, -0.25) is 0 Å². The smallest absolute Gasteiger partial charge is 0.872 e. The van der Waals surface area contributed by atoms with E-state index in [1.807, 2.05) is 83.1 Å². The topological polar surface area (TPSA) is 181 Å². The SMILES string of the molecule is CC(C)c1ccc(C(=O)O)c([O-])c1C(C)C.CC(C)c1ccc(C(=O)O)c([O-])c1C(C)C.CC(C)c1ccc(C(=O)O)c([O-])c1C(C)C.[Al+3]. The molecule has 264 valence electrons. The fourth-order valence-corrected chi connectivity index (χ4v) is 5.65. The summed E-state index contributed by atoms with van der Waals surface area (Å²) in [5.74, 6) is -3.64. The molecular weight excluding hydrogens is 639 g/mol. The van der Waals surface area contributed by atoms with Gasteiger partial charge in [-0.15, -0.1) is 0 Å². The fourth-order valence-electron chi connectivity index (χ4n) is 5.65. The minimum atomic E-state index is -1.15. The molecule has 3 aromatic rings. The molecule has 0 amide bonds. The first-order valence-corrected chi connectivity index (χ1v) is 16.3. The van der Waals surface area contributed by atoms with Gasteiger partial charge in [-0.05, 0) is 87.1 Å². The predicted molar refractivity (Wildman–Crippen MR) is 189 cm³/mol. The molecule has 0 saturated heterocycles. The molecule has 49 heavy (non-hydrogen) atoms. The van der Waals surface area contributed by atoms with Gasteiger partial charge in [0.25, 0.3) is 0 Å². The number of aromatic carboxylic acids is 3. The van der Waals surface area contributed by atoms with Crippen molar-refractivity contribution < 1.29 is 45.0 Å². The minimum Gasteiger partial charge on any atom is -0.872 e. The summed E-state index contributed by atoms with van der Waals surface area (Å²) in [4.78, 5) is 32.6. The summed E-state index contributed by atoms with van der Waals surface area (Å²) < 4.78 is 0. The molecule has 0 aromatic heterocycles. The molecule has 0 heterocycles. The number of benzene rings is 3. The van der Waals surface area contributed by atoms with E-state index in [0.717, 1.165) is 16.7 Å². The Morgan fingerprint density at radius 1 is 0.408 bits per heavy atom. The van der Waals surface area contributed by atoms with Crippen LogP contribution < -0.4 is 15.3 Å². The van der Waals surface area contributed by atoms with Gasteiger partial charge in [-0.1, -0.05) is 119 Å². The van der Waals surface area contributed by atoms with E-state index < -0.39 is 17.9 Å². The molecule has 0 fully saturated rings. The molecule has 0 aliphatic rings. The second-order valence-electron chi connectivity index (χ2n) is 13.7. The molecule has 3 aromatic carbocycles. The Balaban J connectivity index is 0.000000698. The summed E-state index contributed by atoms with van der Waals surface area (Å²) in [5.41, 5.74) is 4.36. The summed E-state index contributed by atoms with van der Waals surface area (Å²) in [7, 11) is 0. The summed E-state index contributed by atoms with van der Waals surface area (Å²) in [6.45, 7) is 23.5. The van der Waals surface area contributed by atoms with Crippen LogP contribution in [-0.2, 0) is 0 Å². The van der Waals surface area contributed by atoms with Crippen LogP contribution in [-0.4, -0.2) is 50.6 Å². The van der Waals surface area contributed by atoms with Gasteiger partial charge in [0.05, 0.1) is 16.7 Å². The Bertz CT molecular complexity index is 1410. The van der Waals surface area contributed by atoms with Crippen molar-refractivity contribution >= 4 is 35.3 Å². The third kappa shape index (κ3) is 11.3. The van der Waals surface area contributed by atoms with E-state index in [1.165, 1.54) is 18.2 Å². The van der Waals surface area contributed by atoms with E-state index in [0.29, 0.717) is 16.7 Å². The fraction of sp³-hybridized carbons (Fsp3) is 0.462. The van der Waals surface area contributed by atoms with E-state index >= 15 is 0 Å². The molecule has 0 saturated carbocycles. The quantitative estimate of drug-likeness (QED) is 0.189. The van der Waals surface area contributed by atoms with Gasteiger partial charge in [-0.25, -0.2) is 14.4 Å². The maximum absolute atomic E-state index is 12.0. The second-order valence-corrected chi connectivity index (χ2v) is 13.7. The molecule has 0 radical (unpaired) electrons. The van der Waals surface area contributed by atoms with Gasteiger partial charge < -0.3 is 30.6 Å². The molecule has 0 aliphatic heterocycles. The van der Waals surface area contributed by atoms with Crippen molar-refractivity contribution in [3.05, 3.63) is 86.5 Å². The van der Waals surface area contributed by atoms with Gasteiger partial charge in [0.1, 0.15) is 0 Å². The molecule has 9 nitrogen and oxygen atoms in total. The van der Waals surface area contributed by atoms with Crippen LogP contribution in [0, 0.1) is 0 Å². The van der Waals surface area contributed by atoms with Gasteiger partial charge in [0, 0.05) is 0 Å². The summed E-state index contributed by atoms with van der Waals surface area (Å²) in [6.07, 6.45) is 0. The minimum absolute atomic E-state index is 0. The van der Waals surface area contributed by atoms with E-state index in [1.54, 1.807) is 18.2 Å².